The van der Waals surface area contributed by atoms with Crippen LogP contribution in [0.2, 0.25) is 10.0 Å². The number of nitrogens with zero attached hydrogens (tertiary/aromatic N) is 3. The highest BCUT2D eigenvalue weighted by atomic mass is 79.9. The molecule has 0 unspecified atom stereocenters. The van der Waals surface area contributed by atoms with Crippen molar-refractivity contribution in [3.8, 4) is 23.0 Å². The first-order chi connectivity index (χ1) is 10.0. The molecule has 0 saturated heterocycles. The maximum absolute atomic E-state index is 6.07. The van der Waals surface area contributed by atoms with Crippen LogP contribution in [-0.2, 0) is 0 Å². The third kappa shape index (κ3) is 2.88. The van der Waals surface area contributed by atoms with Gasteiger partial charge in [0.1, 0.15) is 5.69 Å². The van der Waals surface area contributed by atoms with E-state index in [1.807, 2.05) is 6.07 Å². The molecule has 0 bridgehead atoms. The fourth-order valence-electron chi connectivity index (χ4n) is 1.74. The minimum Gasteiger partial charge on any atom is -0.398 e. The van der Waals surface area contributed by atoms with Gasteiger partial charge in [0, 0.05) is 16.4 Å². The first kappa shape index (κ1) is 14.3. The molecule has 2 aromatic heterocycles. The van der Waals surface area contributed by atoms with Crippen LogP contribution >= 0.6 is 39.1 Å². The van der Waals surface area contributed by atoms with Crippen molar-refractivity contribution in [2.75, 3.05) is 5.73 Å². The number of nitrogens with two attached hydrogens (primary N) is 1. The van der Waals surface area contributed by atoms with Gasteiger partial charge in [0.15, 0.2) is 0 Å². The highest BCUT2D eigenvalue weighted by molar-refractivity contribution is 9.10. The lowest BCUT2D eigenvalue weighted by molar-refractivity contribution is 0.432. The van der Waals surface area contributed by atoms with Crippen molar-refractivity contribution < 1.29 is 4.52 Å². The Kier molecular flexibility index (Phi) is 3.84. The Labute approximate surface area is 138 Å². The second-order valence-electron chi connectivity index (χ2n) is 4.14. The highest BCUT2D eigenvalue weighted by Crippen LogP contribution is 2.31. The molecule has 8 heteroatoms. The van der Waals surface area contributed by atoms with E-state index in [0.717, 1.165) is 4.47 Å². The number of hydrogen-bond acceptors (Lipinski definition) is 5. The Morgan fingerprint density at radius 1 is 1.19 bits per heavy atom. The summed E-state index contributed by atoms with van der Waals surface area (Å²) >= 11 is 15.2. The summed E-state index contributed by atoms with van der Waals surface area (Å²) in [5.74, 6) is 0.566. The zero-order chi connectivity index (χ0) is 15.0. The minimum absolute atomic E-state index is 0.272. The van der Waals surface area contributed by atoms with Crippen molar-refractivity contribution in [1.29, 1.82) is 0 Å². The van der Waals surface area contributed by atoms with Crippen LogP contribution in [0.25, 0.3) is 23.0 Å². The van der Waals surface area contributed by atoms with Crippen LogP contribution in [0.1, 0.15) is 0 Å². The SMILES string of the molecule is Nc1cc(Br)ccc1-c1nc(-c2ncc(Cl)cc2Cl)no1. The van der Waals surface area contributed by atoms with E-state index >= 15 is 0 Å². The lowest BCUT2D eigenvalue weighted by atomic mass is 10.2. The van der Waals surface area contributed by atoms with Crippen LogP contribution in [0.15, 0.2) is 39.5 Å². The minimum atomic E-state index is 0.272. The van der Waals surface area contributed by atoms with Crippen molar-refractivity contribution in [1.82, 2.24) is 15.1 Å². The maximum Gasteiger partial charge on any atom is 0.260 e. The second kappa shape index (κ2) is 5.63. The molecule has 3 rings (SSSR count). The van der Waals surface area contributed by atoms with Crippen LogP contribution in [-0.4, -0.2) is 15.1 Å². The number of anilines is 1. The molecule has 0 aliphatic heterocycles. The molecule has 106 valence electrons. The molecular formula is C13H7BrCl2N4O. The molecular weight excluding hydrogens is 379 g/mol. The molecule has 2 N–H and O–H groups in total. The third-order valence-electron chi connectivity index (χ3n) is 2.69. The zero-order valence-electron chi connectivity index (χ0n) is 10.3. The predicted octanol–water partition coefficient (Wildman–Crippen LogP) is 4.45. The van der Waals surface area contributed by atoms with Gasteiger partial charge < -0.3 is 10.3 Å². The monoisotopic (exact) mass is 384 g/mol. The van der Waals surface area contributed by atoms with E-state index in [1.165, 1.54) is 6.20 Å². The molecule has 5 nitrogen and oxygen atoms in total. The molecule has 0 aliphatic carbocycles. The number of halogens is 3. The quantitative estimate of drug-likeness (QED) is 0.659. The molecule has 3 aromatic rings. The standard InChI is InChI=1S/C13H7BrCl2N4O/c14-6-1-2-8(10(17)3-6)13-19-12(20-21-13)11-9(16)4-7(15)5-18-11/h1-5H,17H2. The Hall–Kier alpha value is -1.63. The van der Waals surface area contributed by atoms with E-state index in [1.54, 1.807) is 18.2 Å². The molecule has 0 amide bonds. The van der Waals surface area contributed by atoms with Gasteiger partial charge in [0.25, 0.3) is 5.89 Å². The van der Waals surface area contributed by atoms with E-state index in [9.17, 15) is 0 Å². The summed E-state index contributed by atoms with van der Waals surface area (Å²) in [6, 6.07) is 6.94. The van der Waals surface area contributed by atoms with E-state index in [0.29, 0.717) is 32.9 Å². The maximum atomic E-state index is 6.07. The van der Waals surface area contributed by atoms with Crippen LogP contribution in [0, 0.1) is 0 Å². The average Bonchev–Trinajstić information content (AvgIpc) is 2.87. The van der Waals surface area contributed by atoms with Gasteiger partial charge in [-0.05, 0) is 24.3 Å². The van der Waals surface area contributed by atoms with E-state index < -0.39 is 0 Å². The highest BCUT2D eigenvalue weighted by Gasteiger charge is 2.16. The Morgan fingerprint density at radius 3 is 2.71 bits per heavy atom. The van der Waals surface area contributed by atoms with Crippen molar-refractivity contribution >= 4 is 44.8 Å². The Bertz CT molecular complexity index is 756. The van der Waals surface area contributed by atoms with Gasteiger partial charge in [-0.2, -0.15) is 4.98 Å². The van der Waals surface area contributed by atoms with E-state index in [-0.39, 0.29) is 5.82 Å². The zero-order valence-corrected chi connectivity index (χ0v) is 13.4. The smallest absolute Gasteiger partial charge is 0.260 e. The van der Waals surface area contributed by atoms with Crippen LogP contribution in [0.4, 0.5) is 5.69 Å². The molecule has 2 heterocycles. The van der Waals surface area contributed by atoms with Crippen molar-refractivity contribution in [3.05, 3.63) is 45.0 Å². The Morgan fingerprint density at radius 2 is 2.00 bits per heavy atom. The fraction of sp³-hybridized carbons (Fsp3) is 0. The summed E-state index contributed by atoms with van der Waals surface area (Å²) in [5.41, 5.74) is 7.49. The predicted molar refractivity (Wildman–Crippen MR) is 85.1 cm³/mol. The third-order valence-corrected chi connectivity index (χ3v) is 3.68. The topological polar surface area (TPSA) is 77.8 Å². The van der Waals surface area contributed by atoms with Gasteiger partial charge in [-0.25, -0.2) is 4.98 Å². The second-order valence-corrected chi connectivity index (χ2v) is 5.90. The fourth-order valence-corrected chi connectivity index (χ4v) is 2.58. The number of pyridine rings is 1. The van der Waals surface area contributed by atoms with Gasteiger partial charge >= 0.3 is 0 Å². The van der Waals surface area contributed by atoms with Gasteiger partial charge in [0.05, 0.1) is 15.6 Å². The normalized spacial score (nSPS) is 10.8. The average molecular weight is 386 g/mol. The number of aromatic nitrogens is 3. The lowest BCUT2D eigenvalue weighted by Gasteiger charge is -2.00. The van der Waals surface area contributed by atoms with Gasteiger partial charge in [-0.15, -0.1) is 0 Å². The van der Waals surface area contributed by atoms with E-state index in [2.05, 4.69) is 31.1 Å². The molecule has 0 radical (unpaired) electrons. The molecule has 1 aromatic carbocycles. The van der Waals surface area contributed by atoms with Gasteiger partial charge in [-0.3, -0.25) is 0 Å². The lowest BCUT2D eigenvalue weighted by Crippen LogP contribution is -1.91. The summed E-state index contributed by atoms with van der Waals surface area (Å²) in [6.07, 6.45) is 1.47. The molecule has 0 atom stereocenters. The summed E-state index contributed by atoms with van der Waals surface area (Å²) in [6.45, 7) is 0. The first-order valence-corrected chi connectivity index (χ1v) is 7.30. The summed E-state index contributed by atoms with van der Waals surface area (Å²) in [5, 5.41) is 4.65. The molecule has 0 saturated carbocycles. The largest absolute Gasteiger partial charge is 0.398 e. The van der Waals surface area contributed by atoms with Crippen molar-refractivity contribution in [2.24, 2.45) is 0 Å². The number of hydrogen-bond donors (Lipinski definition) is 1. The van der Waals surface area contributed by atoms with Crippen LogP contribution < -0.4 is 5.73 Å². The van der Waals surface area contributed by atoms with E-state index in [4.69, 9.17) is 33.5 Å². The summed E-state index contributed by atoms with van der Waals surface area (Å²) in [4.78, 5) is 8.37. The van der Waals surface area contributed by atoms with Crippen molar-refractivity contribution in [2.45, 2.75) is 0 Å². The molecule has 21 heavy (non-hydrogen) atoms. The van der Waals surface area contributed by atoms with Gasteiger partial charge in [-0.1, -0.05) is 44.3 Å². The summed E-state index contributed by atoms with van der Waals surface area (Å²) in [7, 11) is 0. The number of benzene rings is 1. The van der Waals surface area contributed by atoms with Crippen molar-refractivity contribution in [3.63, 3.8) is 0 Å². The molecule has 0 spiro atoms. The number of nitrogen functional groups attached to an aromatic ring is 1. The number of rotatable bonds is 2. The van der Waals surface area contributed by atoms with Gasteiger partial charge in [0.2, 0.25) is 5.82 Å². The van der Waals surface area contributed by atoms with Crippen LogP contribution in [0.3, 0.4) is 0 Å². The summed E-state index contributed by atoms with van der Waals surface area (Å²) < 4.78 is 6.09. The first-order valence-electron chi connectivity index (χ1n) is 5.75. The Balaban J connectivity index is 2.03. The molecule has 0 aliphatic rings. The molecule has 0 fully saturated rings. The van der Waals surface area contributed by atoms with Crippen LogP contribution in [0.5, 0.6) is 0 Å².